The molecule has 0 atom stereocenters. The van der Waals surface area contributed by atoms with Gasteiger partial charge in [-0.25, -0.2) is 14.8 Å². The second-order valence-electron chi connectivity index (χ2n) is 5.29. The predicted molar refractivity (Wildman–Crippen MR) is 94.1 cm³/mol. The highest BCUT2D eigenvalue weighted by Gasteiger charge is 2.11. The summed E-state index contributed by atoms with van der Waals surface area (Å²) in [5, 5.41) is 16.2. The molecule has 0 bridgehead atoms. The van der Waals surface area contributed by atoms with Gasteiger partial charge in [0.15, 0.2) is 0 Å². The Morgan fingerprint density at radius 3 is 2.62 bits per heavy atom. The molecule has 0 saturated heterocycles. The SMILES string of the molecule is NC(=O)Cn1cc(Nc2ncc(Cl)c(-c3ccc(C(=O)O)cc3)n2)cn1. The first-order valence-electron chi connectivity index (χ1n) is 7.36. The molecule has 1 aromatic carbocycles. The van der Waals surface area contributed by atoms with Gasteiger partial charge in [0.1, 0.15) is 6.54 Å². The van der Waals surface area contributed by atoms with E-state index in [2.05, 4.69) is 20.4 Å². The van der Waals surface area contributed by atoms with Gasteiger partial charge in [-0.2, -0.15) is 5.10 Å². The summed E-state index contributed by atoms with van der Waals surface area (Å²) in [7, 11) is 0. The van der Waals surface area contributed by atoms with Crippen LogP contribution in [0.25, 0.3) is 11.3 Å². The second-order valence-corrected chi connectivity index (χ2v) is 5.70. The third-order valence-corrected chi connectivity index (χ3v) is 3.63. The number of amides is 1. The normalized spacial score (nSPS) is 10.5. The molecule has 0 aliphatic carbocycles. The molecule has 0 radical (unpaired) electrons. The Kier molecular flexibility index (Phi) is 4.81. The summed E-state index contributed by atoms with van der Waals surface area (Å²) in [5.74, 6) is -1.25. The molecule has 26 heavy (non-hydrogen) atoms. The number of aromatic nitrogens is 4. The Balaban J connectivity index is 1.84. The molecule has 2 heterocycles. The average Bonchev–Trinajstić information content (AvgIpc) is 3.03. The molecule has 9 nitrogen and oxygen atoms in total. The number of rotatable bonds is 6. The van der Waals surface area contributed by atoms with Crippen molar-refractivity contribution < 1.29 is 14.7 Å². The van der Waals surface area contributed by atoms with Crippen LogP contribution in [-0.4, -0.2) is 36.7 Å². The van der Waals surface area contributed by atoms with Crippen LogP contribution in [0.5, 0.6) is 0 Å². The number of carbonyl (C=O) groups is 2. The number of primary amides is 1. The van der Waals surface area contributed by atoms with E-state index in [9.17, 15) is 9.59 Å². The minimum Gasteiger partial charge on any atom is -0.478 e. The fraction of sp³-hybridized carbons (Fsp3) is 0.0625. The lowest BCUT2D eigenvalue weighted by atomic mass is 10.1. The summed E-state index contributed by atoms with van der Waals surface area (Å²) in [6.45, 7) is -0.0374. The molecular formula is C16H13ClN6O3. The van der Waals surface area contributed by atoms with Crippen LogP contribution in [0, 0.1) is 0 Å². The Morgan fingerprint density at radius 2 is 1.96 bits per heavy atom. The van der Waals surface area contributed by atoms with E-state index in [1.807, 2.05) is 0 Å². The zero-order valence-electron chi connectivity index (χ0n) is 13.3. The minimum absolute atomic E-state index is 0.0374. The Labute approximate surface area is 152 Å². The van der Waals surface area contributed by atoms with Crippen molar-refractivity contribution in [3.05, 3.63) is 53.4 Å². The van der Waals surface area contributed by atoms with E-state index in [0.29, 0.717) is 22.0 Å². The number of aromatic carboxylic acids is 1. The zero-order chi connectivity index (χ0) is 18.7. The van der Waals surface area contributed by atoms with Crippen molar-refractivity contribution in [2.75, 3.05) is 5.32 Å². The van der Waals surface area contributed by atoms with E-state index in [0.717, 1.165) is 0 Å². The maximum absolute atomic E-state index is 10.9. The number of hydrogen-bond acceptors (Lipinski definition) is 6. The molecule has 0 aliphatic heterocycles. The van der Waals surface area contributed by atoms with Gasteiger partial charge in [0.2, 0.25) is 11.9 Å². The van der Waals surface area contributed by atoms with Gasteiger partial charge in [-0.05, 0) is 12.1 Å². The van der Waals surface area contributed by atoms with Crippen LogP contribution in [0.2, 0.25) is 5.02 Å². The monoisotopic (exact) mass is 372 g/mol. The molecule has 0 aliphatic rings. The number of nitrogens with one attached hydrogen (secondary N) is 1. The summed E-state index contributed by atoms with van der Waals surface area (Å²) in [6, 6.07) is 6.17. The number of halogens is 1. The minimum atomic E-state index is -1.01. The molecule has 1 amide bonds. The zero-order valence-corrected chi connectivity index (χ0v) is 14.0. The highest BCUT2D eigenvalue weighted by atomic mass is 35.5. The van der Waals surface area contributed by atoms with Gasteiger partial charge >= 0.3 is 5.97 Å². The van der Waals surface area contributed by atoms with Crippen LogP contribution in [0.1, 0.15) is 10.4 Å². The second kappa shape index (κ2) is 7.19. The number of hydrogen-bond donors (Lipinski definition) is 3. The van der Waals surface area contributed by atoms with Gasteiger partial charge in [-0.3, -0.25) is 9.48 Å². The van der Waals surface area contributed by atoms with Crippen molar-refractivity contribution in [2.45, 2.75) is 6.54 Å². The first kappa shape index (κ1) is 17.4. The van der Waals surface area contributed by atoms with E-state index < -0.39 is 11.9 Å². The summed E-state index contributed by atoms with van der Waals surface area (Å²) in [5.41, 5.74) is 6.95. The van der Waals surface area contributed by atoms with E-state index in [1.165, 1.54) is 29.2 Å². The molecule has 4 N–H and O–H groups in total. The van der Waals surface area contributed by atoms with Crippen LogP contribution in [0.15, 0.2) is 42.9 Å². The number of nitrogens with two attached hydrogens (primary N) is 1. The molecule has 3 aromatic rings. The number of carbonyl (C=O) groups excluding carboxylic acids is 1. The van der Waals surface area contributed by atoms with Crippen molar-refractivity contribution in [3.63, 3.8) is 0 Å². The van der Waals surface area contributed by atoms with E-state index in [-0.39, 0.29) is 18.1 Å². The van der Waals surface area contributed by atoms with Crippen molar-refractivity contribution in [1.82, 2.24) is 19.7 Å². The molecule has 0 spiro atoms. The predicted octanol–water partition coefficient (Wildman–Crippen LogP) is 1.92. The lowest BCUT2D eigenvalue weighted by molar-refractivity contribution is -0.118. The van der Waals surface area contributed by atoms with Crippen molar-refractivity contribution in [1.29, 1.82) is 0 Å². The topological polar surface area (TPSA) is 136 Å². The van der Waals surface area contributed by atoms with Crippen molar-refractivity contribution >= 4 is 35.1 Å². The van der Waals surface area contributed by atoms with Gasteiger partial charge in [0.05, 0.1) is 34.4 Å². The van der Waals surface area contributed by atoms with Crippen LogP contribution in [0.3, 0.4) is 0 Å². The number of anilines is 2. The number of nitrogens with zero attached hydrogens (tertiary/aromatic N) is 4. The van der Waals surface area contributed by atoms with Crippen LogP contribution >= 0.6 is 11.6 Å². The fourth-order valence-electron chi connectivity index (χ4n) is 2.20. The third kappa shape index (κ3) is 3.95. The van der Waals surface area contributed by atoms with Gasteiger partial charge in [0, 0.05) is 11.8 Å². The number of carboxylic acid groups (broad SMARTS) is 1. The van der Waals surface area contributed by atoms with E-state index >= 15 is 0 Å². The summed E-state index contributed by atoms with van der Waals surface area (Å²) in [4.78, 5) is 30.3. The smallest absolute Gasteiger partial charge is 0.335 e. The maximum atomic E-state index is 10.9. The first-order chi connectivity index (χ1) is 12.4. The fourth-order valence-corrected chi connectivity index (χ4v) is 2.40. The first-order valence-corrected chi connectivity index (χ1v) is 7.74. The van der Waals surface area contributed by atoms with Crippen molar-refractivity contribution in [3.8, 4) is 11.3 Å². The summed E-state index contributed by atoms with van der Waals surface area (Å²) < 4.78 is 1.38. The highest BCUT2D eigenvalue weighted by Crippen LogP contribution is 2.27. The van der Waals surface area contributed by atoms with Crippen LogP contribution < -0.4 is 11.1 Å². The molecule has 0 saturated carbocycles. The Morgan fingerprint density at radius 1 is 1.23 bits per heavy atom. The third-order valence-electron chi connectivity index (χ3n) is 3.36. The lowest BCUT2D eigenvalue weighted by Crippen LogP contribution is -2.18. The maximum Gasteiger partial charge on any atom is 0.335 e. The largest absolute Gasteiger partial charge is 0.478 e. The lowest BCUT2D eigenvalue weighted by Gasteiger charge is -2.07. The molecular weight excluding hydrogens is 360 g/mol. The molecule has 132 valence electrons. The molecule has 2 aromatic heterocycles. The molecule has 3 rings (SSSR count). The molecule has 10 heteroatoms. The quantitative estimate of drug-likeness (QED) is 0.601. The average molecular weight is 373 g/mol. The van der Waals surface area contributed by atoms with Gasteiger partial charge < -0.3 is 16.2 Å². The van der Waals surface area contributed by atoms with Gasteiger partial charge in [0.25, 0.3) is 0 Å². The van der Waals surface area contributed by atoms with E-state index in [4.69, 9.17) is 22.4 Å². The van der Waals surface area contributed by atoms with Crippen molar-refractivity contribution in [2.24, 2.45) is 5.73 Å². The summed E-state index contributed by atoms with van der Waals surface area (Å²) >= 11 is 6.16. The number of carboxylic acids is 1. The highest BCUT2D eigenvalue weighted by molar-refractivity contribution is 6.32. The van der Waals surface area contributed by atoms with Gasteiger partial charge in [-0.15, -0.1) is 0 Å². The van der Waals surface area contributed by atoms with E-state index in [1.54, 1.807) is 18.3 Å². The van der Waals surface area contributed by atoms with Gasteiger partial charge in [-0.1, -0.05) is 23.7 Å². The summed E-state index contributed by atoms with van der Waals surface area (Å²) in [6.07, 6.45) is 4.53. The standard InChI is InChI=1S/C16H13ClN6O3/c17-12-6-19-16(21-11-5-20-23(7-11)8-13(18)24)22-14(12)9-1-3-10(4-2-9)15(25)26/h1-7H,8H2,(H2,18,24)(H,25,26)(H,19,21,22). The van der Waals surface area contributed by atoms with Crippen LogP contribution in [-0.2, 0) is 11.3 Å². The molecule has 0 fully saturated rings. The number of benzene rings is 1. The Bertz CT molecular complexity index is 970. The van der Waals surface area contributed by atoms with Crippen LogP contribution in [0.4, 0.5) is 11.6 Å². The Hall–Kier alpha value is -3.46. The molecule has 0 unspecified atom stereocenters.